The lowest BCUT2D eigenvalue weighted by Gasteiger charge is -2.20. The summed E-state index contributed by atoms with van der Waals surface area (Å²) in [5, 5.41) is 4.28. The number of hydrogen-bond donors (Lipinski definition) is 1. The molecule has 1 aliphatic carbocycles. The second kappa shape index (κ2) is 6.96. The first-order valence-electron chi connectivity index (χ1n) is 6.48. The standard InChI is InChI=1S/C13H21N3O2S/c1-17-12-9(13(18-2)16-8-15-12)7-14-10-5-4-6-11(10)19-3/h8,10-11,14H,4-7H2,1-3H3. The molecule has 0 amide bonds. The first kappa shape index (κ1) is 14.4. The van der Waals surface area contributed by atoms with Gasteiger partial charge in [-0.25, -0.2) is 9.97 Å². The molecular weight excluding hydrogens is 262 g/mol. The van der Waals surface area contributed by atoms with Gasteiger partial charge in [-0.15, -0.1) is 0 Å². The molecular formula is C13H21N3O2S. The largest absolute Gasteiger partial charge is 0.481 e. The summed E-state index contributed by atoms with van der Waals surface area (Å²) in [4.78, 5) is 8.26. The van der Waals surface area contributed by atoms with Crippen LogP contribution < -0.4 is 14.8 Å². The maximum absolute atomic E-state index is 5.28. The highest BCUT2D eigenvalue weighted by atomic mass is 32.2. The van der Waals surface area contributed by atoms with Crippen molar-refractivity contribution in [3.63, 3.8) is 0 Å². The van der Waals surface area contributed by atoms with E-state index < -0.39 is 0 Å². The highest BCUT2D eigenvalue weighted by Crippen LogP contribution is 2.30. The minimum absolute atomic E-state index is 0.546. The lowest BCUT2D eigenvalue weighted by atomic mass is 10.2. The average Bonchev–Trinajstić information content (AvgIpc) is 2.91. The molecule has 0 aromatic carbocycles. The van der Waals surface area contributed by atoms with Crippen molar-refractivity contribution in [1.29, 1.82) is 0 Å². The van der Waals surface area contributed by atoms with E-state index >= 15 is 0 Å². The van der Waals surface area contributed by atoms with Crippen molar-refractivity contribution in [2.24, 2.45) is 0 Å². The van der Waals surface area contributed by atoms with Crippen LogP contribution in [0.15, 0.2) is 6.33 Å². The van der Waals surface area contributed by atoms with E-state index in [0.717, 1.165) is 5.56 Å². The highest BCUT2D eigenvalue weighted by molar-refractivity contribution is 7.99. The van der Waals surface area contributed by atoms with Crippen LogP contribution in [-0.2, 0) is 6.54 Å². The van der Waals surface area contributed by atoms with Crippen LogP contribution in [0, 0.1) is 0 Å². The van der Waals surface area contributed by atoms with Crippen LogP contribution in [0.1, 0.15) is 24.8 Å². The normalized spacial score (nSPS) is 22.5. The molecule has 0 spiro atoms. The molecule has 1 aromatic rings. The quantitative estimate of drug-likeness (QED) is 0.860. The molecule has 1 saturated carbocycles. The summed E-state index contributed by atoms with van der Waals surface area (Å²) in [6.07, 6.45) is 7.45. The van der Waals surface area contributed by atoms with E-state index in [1.54, 1.807) is 14.2 Å². The van der Waals surface area contributed by atoms with E-state index in [9.17, 15) is 0 Å². The molecule has 6 heteroatoms. The first-order chi connectivity index (χ1) is 9.30. The Balaban J connectivity index is 2.06. The fourth-order valence-corrected chi connectivity index (χ4v) is 3.52. The maximum Gasteiger partial charge on any atom is 0.224 e. The number of thioether (sulfide) groups is 1. The summed E-state index contributed by atoms with van der Waals surface area (Å²) in [6.45, 7) is 0.676. The van der Waals surface area contributed by atoms with Gasteiger partial charge in [0.05, 0.1) is 19.8 Å². The van der Waals surface area contributed by atoms with E-state index in [1.807, 2.05) is 11.8 Å². The fraction of sp³-hybridized carbons (Fsp3) is 0.692. The van der Waals surface area contributed by atoms with Crippen LogP contribution in [-0.4, -0.2) is 41.7 Å². The van der Waals surface area contributed by atoms with Gasteiger partial charge in [-0.3, -0.25) is 0 Å². The minimum atomic E-state index is 0.546. The number of ether oxygens (including phenoxy) is 2. The summed E-state index contributed by atoms with van der Waals surface area (Å²) in [5.74, 6) is 1.16. The molecule has 1 N–H and O–H groups in total. The third-order valence-corrected chi connectivity index (χ3v) is 4.72. The van der Waals surface area contributed by atoms with Crippen molar-refractivity contribution in [1.82, 2.24) is 15.3 Å². The number of nitrogens with zero attached hydrogens (tertiary/aromatic N) is 2. The van der Waals surface area contributed by atoms with Gasteiger partial charge in [-0.1, -0.05) is 6.42 Å². The van der Waals surface area contributed by atoms with Gasteiger partial charge in [-0.05, 0) is 19.1 Å². The molecule has 5 nitrogen and oxygen atoms in total. The molecule has 0 saturated heterocycles. The smallest absolute Gasteiger partial charge is 0.224 e. The Morgan fingerprint density at radius 1 is 1.26 bits per heavy atom. The van der Waals surface area contributed by atoms with Crippen LogP contribution in [0.3, 0.4) is 0 Å². The van der Waals surface area contributed by atoms with Crippen molar-refractivity contribution >= 4 is 11.8 Å². The summed E-state index contributed by atoms with van der Waals surface area (Å²) in [7, 11) is 3.23. The molecule has 2 atom stereocenters. The third-order valence-electron chi connectivity index (χ3n) is 3.55. The Labute approximate surface area is 118 Å². The van der Waals surface area contributed by atoms with E-state index in [1.165, 1.54) is 25.6 Å². The molecule has 19 heavy (non-hydrogen) atoms. The van der Waals surface area contributed by atoms with Crippen LogP contribution in [0.2, 0.25) is 0 Å². The fourth-order valence-electron chi connectivity index (χ4n) is 2.56. The zero-order valence-electron chi connectivity index (χ0n) is 11.7. The first-order valence-corrected chi connectivity index (χ1v) is 7.77. The van der Waals surface area contributed by atoms with Crippen LogP contribution in [0.5, 0.6) is 11.8 Å². The van der Waals surface area contributed by atoms with Crippen LogP contribution >= 0.6 is 11.8 Å². The lowest BCUT2D eigenvalue weighted by Crippen LogP contribution is -2.33. The lowest BCUT2D eigenvalue weighted by molar-refractivity contribution is 0.356. The number of rotatable bonds is 6. The highest BCUT2D eigenvalue weighted by Gasteiger charge is 2.26. The summed E-state index contributed by atoms with van der Waals surface area (Å²) in [6, 6.07) is 0.546. The van der Waals surface area contributed by atoms with Crippen molar-refractivity contribution in [2.45, 2.75) is 37.1 Å². The van der Waals surface area contributed by atoms with Gasteiger partial charge >= 0.3 is 0 Å². The molecule has 1 aromatic heterocycles. The van der Waals surface area contributed by atoms with Crippen molar-refractivity contribution < 1.29 is 9.47 Å². The summed E-state index contributed by atoms with van der Waals surface area (Å²) >= 11 is 1.94. The number of nitrogens with one attached hydrogen (secondary N) is 1. The van der Waals surface area contributed by atoms with Gasteiger partial charge in [0.1, 0.15) is 6.33 Å². The van der Waals surface area contributed by atoms with Gasteiger partial charge in [0.2, 0.25) is 11.8 Å². The third kappa shape index (κ3) is 3.30. The second-order valence-corrected chi connectivity index (χ2v) is 5.64. The predicted molar refractivity (Wildman–Crippen MR) is 76.9 cm³/mol. The molecule has 106 valence electrons. The van der Waals surface area contributed by atoms with Gasteiger partial charge in [0.15, 0.2) is 0 Å². The number of aromatic nitrogens is 2. The monoisotopic (exact) mass is 283 g/mol. The molecule has 1 aliphatic rings. The SMILES string of the molecule is COc1ncnc(OC)c1CNC1CCCC1SC. The van der Waals surface area contributed by atoms with E-state index in [4.69, 9.17) is 9.47 Å². The van der Waals surface area contributed by atoms with Crippen LogP contribution in [0.25, 0.3) is 0 Å². The molecule has 2 unspecified atom stereocenters. The molecule has 2 rings (SSSR count). The Bertz CT molecular complexity index is 395. The zero-order valence-corrected chi connectivity index (χ0v) is 12.5. The maximum atomic E-state index is 5.28. The molecule has 1 fully saturated rings. The van der Waals surface area contributed by atoms with Crippen molar-refractivity contribution in [2.75, 3.05) is 20.5 Å². The van der Waals surface area contributed by atoms with E-state index in [-0.39, 0.29) is 0 Å². The summed E-state index contributed by atoms with van der Waals surface area (Å²) in [5.41, 5.74) is 0.888. The van der Waals surface area contributed by atoms with Gasteiger partial charge < -0.3 is 14.8 Å². The number of hydrogen-bond acceptors (Lipinski definition) is 6. The molecule has 1 heterocycles. The van der Waals surface area contributed by atoms with Gasteiger partial charge in [-0.2, -0.15) is 11.8 Å². The molecule has 0 aliphatic heterocycles. The van der Waals surface area contributed by atoms with Gasteiger partial charge in [0.25, 0.3) is 0 Å². The van der Waals surface area contributed by atoms with Crippen LogP contribution in [0.4, 0.5) is 0 Å². The minimum Gasteiger partial charge on any atom is -0.481 e. The second-order valence-electron chi connectivity index (χ2n) is 4.56. The topological polar surface area (TPSA) is 56.3 Å². The zero-order chi connectivity index (χ0) is 13.7. The number of methoxy groups -OCH3 is 2. The molecule has 0 bridgehead atoms. The van der Waals surface area contributed by atoms with E-state index in [2.05, 4.69) is 21.5 Å². The van der Waals surface area contributed by atoms with Crippen molar-refractivity contribution in [3.05, 3.63) is 11.9 Å². The van der Waals surface area contributed by atoms with E-state index in [0.29, 0.717) is 29.6 Å². The predicted octanol–water partition coefficient (Wildman–Crippen LogP) is 1.87. The Kier molecular flexibility index (Phi) is 5.27. The molecule has 0 radical (unpaired) electrons. The van der Waals surface area contributed by atoms with Crippen molar-refractivity contribution in [3.8, 4) is 11.8 Å². The Morgan fingerprint density at radius 3 is 2.53 bits per heavy atom. The average molecular weight is 283 g/mol. The van der Waals surface area contributed by atoms with Gasteiger partial charge in [0, 0.05) is 17.8 Å². The Morgan fingerprint density at radius 2 is 1.95 bits per heavy atom. The summed E-state index contributed by atoms with van der Waals surface area (Å²) < 4.78 is 10.6. The Hall–Kier alpha value is -1.01.